The molecule has 172 valence electrons. The molecule has 1 heterocycles. The number of nitrogens with zero attached hydrogens (tertiary/aromatic N) is 1. The van der Waals surface area contributed by atoms with Crippen LogP contribution in [0.25, 0.3) is 6.08 Å². The van der Waals surface area contributed by atoms with Crippen LogP contribution in [0.1, 0.15) is 21.5 Å². The number of thiocarbonyl (C=S) groups is 1. The molecule has 3 aromatic carbocycles. The zero-order valence-corrected chi connectivity index (χ0v) is 21.1. The van der Waals surface area contributed by atoms with E-state index in [0.717, 1.165) is 21.3 Å². The van der Waals surface area contributed by atoms with Crippen LogP contribution in [0, 0.1) is 0 Å². The Morgan fingerprint density at radius 3 is 2.47 bits per heavy atom. The Bertz CT molecular complexity index is 1290. The minimum atomic E-state index is -0.977. The Labute approximate surface area is 214 Å². The first-order valence-corrected chi connectivity index (χ1v) is 12.0. The number of carboxylic acid groups (broad SMARTS) is 1. The predicted molar refractivity (Wildman–Crippen MR) is 141 cm³/mol. The lowest BCUT2D eigenvalue weighted by molar-refractivity contribution is -0.113. The smallest absolute Gasteiger partial charge is 0.335 e. The lowest BCUT2D eigenvalue weighted by atomic mass is 10.1. The molecule has 0 saturated carbocycles. The Kier molecular flexibility index (Phi) is 7.35. The van der Waals surface area contributed by atoms with Crippen molar-refractivity contribution >= 4 is 67.9 Å². The van der Waals surface area contributed by atoms with Gasteiger partial charge < -0.3 is 14.6 Å². The number of rotatable bonds is 7. The van der Waals surface area contributed by atoms with Crippen molar-refractivity contribution in [3.63, 3.8) is 0 Å². The molecule has 3 aromatic rings. The number of ether oxygens (including phenoxy) is 2. The summed E-state index contributed by atoms with van der Waals surface area (Å²) in [6.45, 7) is 0.234. The summed E-state index contributed by atoms with van der Waals surface area (Å²) in [5, 5.41) is 9.02. The van der Waals surface area contributed by atoms with Gasteiger partial charge in [0.2, 0.25) is 0 Å². The number of methoxy groups -OCH3 is 1. The van der Waals surface area contributed by atoms with Gasteiger partial charge in [0.05, 0.1) is 23.3 Å². The Morgan fingerprint density at radius 1 is 1.12 bits per heavy atom. The maximum atomic E-state index is 13.0. The normalized spacial score (nSPS) is 14.5. The first-order chi connectivity index (χ1) is 16.4. The lowest BCUT2D eigenvalue weighted by Crippen LogP contribution is -2.27. The fraction of sp³-hybridized carbons (Fsp3) is 0.0800. The van der Waals surface area contributed by atoms with Gasteiger partial charge in [-0.3, -0.25) is 9.69 Å². The highest BCUT2D eigenvalue weighted by molar-refractivity contribution is 9.10. The molecule has 6 nitrogen and oxygen atoms in total. The number of amides is 1. The Morgan fingerprint density at radius 2 is 1.82 bits per heavy atom. The second-order valence-electron chi connectivity index (χ2n) is 7.17. The second kappa shape index (κ2) is 10.4. The first-order valence-electron chi connectivity index (χ1n) is 10.0. The predicted octanol–water partition coefficient (Wildman–Crippen LogP) is 6.14. The standard InChI is InChI=1S/C25H18BrNO5S2/c1-31-20-11-17(12-22-23(28)27(25(33)34-22)18-5-3-2-4-6-18)19(26)13-21(20)32-14-15-7-9-16(10-8-15)24(29)30/h2-13H,14H2,1H3,(H,29,30)/b22-12+. The van der Waals surface area contributed by atoms with Crippen LogP contribution in [0.15, 0.2) is 76.1 Å². The minimum absolute atomic E-state index is 0.183. The third kappa shape index (κ3) is 5.16. The summed E-state index contributed by atoms with van der Waals surface area (Å²) in [7, 11) is 1.54. The van der Waals surface area contributed by atoms with Gasteiger partial charge in [-0.05, 0) is 53.6 Å². The number of hydrogen-bond donors (Lipinski definition) is 1. The number of benzene rings is 3. The number of aromatic carboxylic acids is 1. The Balaban J connectivity index is 1.55. The maximum absolute atomic E-state index is 13.0. The molecular formula is C25H18BrNO5S2. The maximum Gasteiger partial charge on any atom is 0.335 e. The number of hydrogen-bond acceptors (Lipinski definition) is 6. The highest BCUT2D eigenvalue weighted by Gasteiger charge is 2.33. The Hall–Kier alpha value is -3.14. The molecule has 0 bridgehead atoms. The molecule has 34 heavy (non-hydrogen) atoms. The second-order valence-corrected chi connectivity index (χ2v) is 9.70. The van der Waals surface area contributed by atoms with Crippen molar-refractivity contribution < 1.29 is 24.2 Å². The van der Waals surface area contributed by atoms with E-state index in [1.807, 2.05) is 30.3 Å². The molecule has 0 unspecified atom stereocenters. The SMILES string of the molecule is COc1cc(/C=C2/SC(=S)N(c3ccccc3)C2=O)c(Br)cc1OCc1ccc(C(=O)O)cc1. The van der Waals surface area contributed by atoms with Crippen molar-refractivity contribution in [1.82, 2.24) is 0 Å². The fourth-order valence-electron chi connectivity index (χ4n) is 3.25. The largest absolute Gasteiger partial charge is 0.493 e. The number of halogens is 1. The van der Waals surface area contributed by atoms with Gasteiger partial charge in [0.25, 0.3) is 5.91 Å². The van der Waals surface area contributed by atoms with Crippen LogP contribution in [0.2, 0.25) is 0 Å². The zero-order chi connectivity index (χ0) is 24.2. The number of thioether (sulfide) groups is 1. The fourth-order valence-corrected chi connectivity index (χ4v) is 4.97. The highest BCUT2D eigenvalue weighted by atomic mass is 79.9. The van der Waals surface area contributed by atoms with E-state index in [4.69, 9.17) is 26.8 Å². The molecule has 1 aliphatic heterocycles. The van der Waals surface area contributed by atoms with Crippen LogP contribution in [0.4, 0.5) is 5.69 Å². The molecule has 0 radical (unpaired) electrons. The summed E-state index contributed by atoms with van der Waals surface area (Å²) in [5.74, 6) is -0.160. The van der Waals surface area contributed by atoms with Crippen LogP contribution in [0.3, 0.4) is 0 Å². The van der Waals surface area contributed by atoms with E-state index >= 15 is 0 Å². The van der Waals surface area contributed by atoms with E-state index < -0.39 is 5.97 Å². The van der Waals surface area contributed by atoms with Gasteiger partial charge in [0, 0.05) is 4.47 Å². The third-order valence-electron chi connectivity index (χ3n) is 4.97. The van der Waals surface area contributed by atoms with Crippen LogP contribution in [-0.4, -0.2) is 28.4 Å². The summed E-state index contributed by atoms with van der Waals surface area (Å²) in [5.41, 5.74) is 2.50. The number of carbonyl (C=O) groups excluding carboxylic acids is 1. The quantitative estimate of drug-likeness (QED) is 0.277. The van der Waals surface area contributed by atoms with E-state index in [9.17, 15) is 9.59 Å². The molecule has 0 aliphatic carbocycles. The van der Waals surface area contributed by atoms with Gasteiger partial charge in [0.1, 0.15) is 6.61 Å². The molecule has 9 heteroatoms. The third-order valence-corrected chi connectivity index (χ3v) is 6.96. The molecule has 1 saturated heterocycles. The monoisotopic (exact) mass is 555 g/mol. The van der Waals surface area contributed by atoms with Gasteiger partial charge in [-0.25, -0.2) is 4.79 Å². The van der Waals surface area contributed by atoms with Crippen LogP contribution in [0.5, 0.6) is 11.5 Å². The number of anilines is 1. The topological polar surface area (TPSA) is 76.1 Å². The van der Waals surface area contributed by atoms with Crippen molar-refractivity contribution in [3.05, 3.63) is 92.8 Å². The minimum Gasteiger partial charge on any atom is -0.493 e. The van der Waals surface area contributed by atoms with Crippen molar-refractivity contribution in [2.45, 2.75) is 6.61 Å². The highest BCUT2D eigenvalue weighted by Crippen LogP contribution is 2.39. The van der Waals surface area contributed by atoms with Crippen molar-refractivity contribution in [2.24, 2.45) is 0 Å². The van der Waals surface area contributed by atoms with Crippen molar-refractivity contribution in [1.29, 1.82) is 0 Å². The van der Waals surface area contributed by atoms with Crippen LogP contribution < -0.4 is 14.4 Å². The average Bonchev–Trinajstić information content (AvgIpc) is 3.12. The van der Waals surface area contributed by atoms with E-state index in [1.165, 1.54) is 35.9 Å². The summed E-state index contributed by atoms with van der Waals surface area (Å²) in [6, 6.07) is 19.3. The van der Waals surface area contributed by atoms with Crippen LogP contribution >= 0.6 is 39.9 Å². The summed E-state index contributed by atoms with van der Waals surface area (Å²) in [4.78, 5) is 26.0. The molecule has 0 atom stereocenters. The van der Waals surface area contributed by atoms with E-state index in [2.05, 4.69) is 15.9 Å². The van der Waals surface area contributed by atoms with Gasteiger partial charge in [-0.2, -0.15) is 0 Å². The molecule has 0 aromatic heterocycles. The average molecular weight is 556 g/mol. The van der Waals surface area contributed by atoms with E-state index in [-0.39, 0.29) is 18.1 Å². The zero-order valence-electron chi connectivity index (χ0n) is 17.9. The van der Waals surface area contributed by atoms with Gasteiger partial charge in [-0.1, -0.05) is 70.2 Å². The van der Waals surface area contributed by atoms with Gasteiger partial charge >= 0.3 is 5.97 Å². The molecule has 1 N–H and O–H groups in total. The molecule has 4 rings (SSSR count). The number of para-hydroxylation sites is 1. The molecular weight excluding hydrogens is 538 g/mol. The lowest BCUT2D eigenvalue weighted by Gasteiger charge is -2.14. The van der Waals surface area contributed by atoms with Crippen molar-refractivity contribution in [2.75, 3.05) is 12.0 Å². The molecule has 0 spiro atoms. The van der Waals surface area contributed by atoms with E-state index in [0.29, 0.717) is 20.7 Å². The number of carbonyl (C=O) groups is 2. The van der Waals surface area contributed by atoms with Crippen molar-refractivity contribution in [3.8, 4) is 11.5 Å². The summed E-state index contributed by atoms with van der Waals surface area (Å²) < 4.78 is 12.6. The molecule has 1 fully saturated rings. The molecule has 1 amide bonds. The van der Waals surface area contributed by atoms with Crippen LogP contribution in [-0.2, 0) is 11.4 Å². The molecule has 1 aliphatic rings. The van der Waals surface area contributed by atoms with Gasteiger partial charge in [0.15, 0.2) is 15.8 Å². The van der Waals surface area contributed by atoms with E-state index in [1.54, 1.807) is 30.3 Å². The summed E-state index contributed by atoms with van der Waals surface area (Å²) >= 11 is 10.2. The summed E-state index contributed by atoms with van der Waals surface area (Å²) in [6.07, 6.45) is 1.77. The van der Waals surface area contributed by atoms with Gasteiger partial charge in [-0.15, -0.1) is 0 Å². The number of carboxylic acids is 1. The first kappa shape index (κ1) is 24.0.